The van der Waals surface area contributed by atoms with Crippen LogP contribution in [0, 0.1) is 5.41 Å². The Morgan fingerprint density at radius 3 is 1.24 bits per heavy atom. The molecule has 0 radical (unpaired) electrons. The van der Waals surface area contributed by atoms with Crippen LogP contribution >= 0.6 is 12.4 Å². The molecule has 29 heavy (non-hydrogen) atoms. The fourth-order valence-corrected chi connectivity index (χ4v) is 2.02. The third-order valence-corrected chi connectivity index (χ3v) is 3.19. The summed E-state index contributed by atoms with van der Waals surface area (Å²) in [6.45, 7) is 0. The summed E-state index contributed by atoms with van der Waals surface area (Å²) >= 11 is 0. The van der Waals surface area contributed by atoms with E-state index in [4.69, 9.17) is 5.41 Å². The number of guanidine groups is 1. The van der Waals surface area contributed by atoms with E-state index in [0.29, 0.717) is 0 Å². The van der Waals surface area contributed by atoms with Gasteiger partial charge in [0.1, 0.15) is 0 Å². The molecule has 0 unspecified atom stereocenters. The van der Waals surface area contributed by atoms with Gasteiger partial charge >= 0.3 is 12.4 Å². The van der Waals surface area contributed by atoms with E-state index in [9.17, 15) is 26.3 Å². The molecule has 0 fully saturated rings. The van der Waals surface area contributed by atoms with Gasteiger partial charge in [0, 0.05) is 11.1 Å². The summed E-state index contributed by atoms with van der Waals surface area (Å²) in [4.78, 5) is 0. The molecule has 0 heterocycles. The minimum atomic E-state index is -4.85. The van der Waals surface area contributed by atoms with Crippen molar-refractivity contribution in [3.8, 4) is 0 Å². The lowest BCUT2D eigenvalue weighted by Crippen LogP contribution is -2.36. The first kappa shape index (κ1) is 24.0. The van der Waals surface area contributed by atoms with Gasteiger partial charge in [-0.1, -0.05) is 60.7 Å². The molecule has 3 N–H and O–H groups in total. The first-order valence-corrected chi connectivity index (χ1v) is 7.60. The number of benzene rings is 2. The van der Waals surface area contributed by atoms with Gasteiger partial charge in [0.05, 0.1) is 0 Å². The Kier molecular flexibility index (Phi) is 8.19. The number of halogens is 7. The second-order valence-corrected chi connectivity index (χ2v) is 5.25. The van der Waals surface area contributed by atoms with E-state index < -0.39 is 29.7 Å². The molecule has 0 aromatic heterocycles. The molecule has 0 bridgehead atoms. The van der Waals surface area contributed by atoms with Crippen molar-refractivity contribution in [1.82, 2.24) is 10.9 Å². The highest BCUT2D eigenvalue weighted by atomic mass is 35.5. The maximum Gasteiger partial charge on any atom is 0.435 e. The molecule has 0 atom stereocenters. The van der Waals surface area contributed by atoms with Gasteiger partial charge in [-0.2, -0.15) is 36.5 Å². The fourth-order valence-electron chi connectivity index (χ4n) is 2.02. The quantitative estimate of drug-likeness (QED) is 0.286. The molecular formula is C17H14ClF6N5. The van der Waals surface area contributed by atoms with Crippen LogP contribution in [0.4, 0.5) is 26.3 Å². The van der Waals surface area contributed by atoms with E-state index in [1.54, 1.807) is 10.9 Å². The highest BCUT2D eigenvalue weighted by molar-refractivity contribution is 6.06. The number of hydrogen-bond acceptors (Lipinski definition) is 3. The Hall–Kier alpha value is -3.08. The lowest BCUT2D eigenvalue weighted by molar-refractivity contribution is -0.0591. The van der Waals surface area contributed by atoms with E-state index in [0.717, 1.165) is 24.3 Å². The van der Waals surface area contributed by atoms with Gasteiger partial charge in [-0.3, -0.25) is 5.41 Å². The summed E-state index contributed by atoms with van der Waals surface area (Å²) in [6.07, 6.45) is -9.70. The number of nitrogens with one attached hydrogen (secondary N) is 3. The van der Waals surface area contributed by atoms with Crippen LogP contribution in [-0.4, -0.2) is 29.7 Å². The Labute approximate surface area is 167 Å². The summed E-state index contributed by atoms with van der Waals surface area (Å²) in [7, 11) is 0. The van der Waals surface area contributed by atoms with Gasteiger partial charge in [0.25, 0.3) is 0 Å². The van der Waals surface area contributed by atoms with E-state index in [-0.39, 0.29) is 23.5 Å². The molecule has 2 rings (SSSR count). The van der Waals surface area contributed by atoms with Gasteiger partial charge < -0.3 is 0 Å². The van der Waals surface area contributed by atoms with Crippen LogP contribution in [0.2, 0.25) is 0 Å². The number of alkyl halides is 6. The van der Waals surface area contributed by atoms with Crippen LogP contribution in [-0.2, 0) is 0 Å². The van der Waals surface area contributed by atoms with Crippen molar-refractivity contribution in [3.63, 3.8) is 0 Å². The second kappa shape index (κ2) is 9.92. The topological polar surface area (TPSA) is 72.6 Å². The van der Waals surface area contributed by atoms with Crippen LogP contribution in [0.5, 0.6) is 0 Å². The van der Waals surface area contributed by atoms with Gasteiger partial charge in [-0.05, 0) is 0 Å². The van der Waals surface area contributed by atoms with Crippen LogP contribution < -0.4 is 10.9 Å². The molecule has 0 aliphatic rings. The molecule has 0 amide bonds. The molecule has 5 nitrogen and oxygen atoms in total. The number of hydrogen-bond donors (Lipinski definition) is 3. The lowest BCUT2D eigenvalue weighted by Gasteiger charge is -2.13. The SMILES string of the molecule is Cl.N=C(NN=C(c1ccccc1)C(F)(F)F)NN=C(c1ccccc1)C(F)(F)F. The zero-order valence-corrected chi connectivity index (χ0v) is 15.2. The van der Waals surface area contributed by atoms with E-state index >= 15 is 0 Å². The summed E-state index contributed by atoms with van der Waals surface area (Å²) in [5, 5.41) is 13.6. The average molecular weight is 438 g/mol. The van der Waals surface area contributed by atoms with Crippen LogP contribution in [0.15, 0.2) is 70.9 Å². The minimum Gasteiger partial charge on any atom is -0.266 e. The van der Waals surface area contributed by atoms with Gasteiger partial charge in [-0.25, -0.2) is 10.9 Å². The Balaban J connectivity index is 0.00000420. The minimum absolute atomic E-state index is 0. The first-order valence-electron chi connectivity index (χ1n) is 7.60. The standard InChI is InChI=1S/C17H13F6N5.ClH/c18-16(19,20)13(11-7-3-1-4-8-11)25-27-15(24)28-26-14(17(21,22)23)12-9-5-2-6-10-12;/h1-10H,(H3,24,27,28);1H. The second-order valence-electron chi connectivity index (χ2n) is 5.25. The molecule has 156 valence electrons. The summed E-state index contributed by atoms with van der Waals surface area (Å²) in [6, 6.07) is 13.1. The molecule has 0 aliphatic carbocycles. The Bertz CT molecular complexity index is 792. The van der Waals surface area contributed by atoms with Crippen molar-refractivity contribution in [2.45, 2.75) is 12.4 Å². The van der Waals surface area contributed by atoms with Crippen LogP contribution in [0.1, 0.15) is 11.1 Å². The predicted octanol–water partition coefficient (Wildman–Crippen LogP) is 4.46. The maximum absolute atomic E-state index is 13.1. The summed E-state index contributed by atoms with van der Waals surface area (Å²) in [5.74, 6) is -0.977. The van der Waals surface area contributed by atoms with Gasteiger partial charge in [-0.15, -0.1) is 12.4 Å². The third kappa shape index (κ3) is 7.11. The molecule has 2 aromatic rings. The van der Waals surface area contributed by atoms with E-state index in [1.165, 1.54) is 36.4 Å². The van der Waals surface area contributed by atoms with Crippen molar-refractivity contribution < 1.29 is 26.3 Å². The third-order valence-electron chi connectivity index (χ3n) is 3.19. The van der Waals surface area contributed by atoms with Crippen molar-refractivity contribution in [2.75, 3.05) is 0 Å². The zero-order valence-electron chi connectivity index (χ0n) is 14.3. The molecule has 2 aromatic carbocycles. The van der Waals surface area contributed by atoms with Gasteiger partial charge in [0.15, 0.2) is 11.4 Å². The predicted molar refractivity (Wildman–Crippen MR) is 99.3 cm³/mol. The summed E-state index contributed by atoms with van der Waals surface area (Å²) < 4.78 is 78.7. The van der Waals surface area contributed by atoms with Gasteiger partial charge in [0.2, 0.25) is 5.96 Å². The molecule has 0 saturated heterocycles. The van der Waals surface area contributed by atoms with E-state index in [2.05, 4.69) is 10.2 Å². The number of rotatable bonds is 4. The zero-order chi connectivity index (χ0) is 20.8. The highest BCUT2D eigenvalue weighted by Gasteiger charge is 2.38. The molecule has 12 heteroatoms. The Morgan fingerprint density at radius 1 is 0.655 bits per heavy atom. The molecule has 0 saturated carbocycles. The number of hydrazone groups is 2. The molecule has 0 aliphatic heterocycles. The smallest absolute Gasteiger partial charge is 0.266 e. The average Bonchev–Trinajstić information content (AvgIpc) is 2.61. The number of nitrogens with zero attached hydrogens (tertiary/aromatic N) is 2. The first-order chi connectivity index (χ1) is 13.1. The lowest BCUT2D eigenvalue weighted by atomic mass is 10.1. The van der Waals surface area contributed by atoms with E-state index in [1.807, 2.05) is 0 Å². The van der Waals surface area contributed by atoms with Crippen molar-refractivity contribution >= 4 is 29.8 Å². The highest BCUT2D eigenvalue weighted by Crippen LogP contribution is 2.23. The van der Waals surface area contributed by atoms with Crippen molar-refractivity contribution in [1.29, 1.82) is 5.41 Å². The largest absolute Gasteiger partial charge is 0.435 e. The van der Waals surface area contributed by atoms with Crippen molar-refractivity contribution in [3.05, 3.63) is 71.8 Å². The maximum atomic E-state index is 13.1. The van der Waals surface area contributed by atoms with Crippen molar-refractivity contribution in [2.24, 2.45) is 10.2 Å². The molecule has 0 spiro atoms. The fraction of sp³-hybridized carbons (Fsp3) is 0.118. The van der Waals surface area contributed by atoms with Crippen LogP contribution in [0.25, 0.3) is 0 Å². The monoisotopic (exact) mass is 437 g/mol. The van der Waals surface area contributed by atoms with Crippen LogP contribution in [0.3, 0.4) is 0 Å². The summed E-state index contributed by atoms with van der Waals surface area (Å²) in [5.41, 5.74) is 0.177. The Morgan fingerprint density at radius 2 is 0.966 bits per heavy atom. The normalized spacial score (nSPS) is 12.8. The molecular weight excluding hydrogens is 424 g/mol.